The number of hydrogen-bond acceptors (Lipinski definition) is 2. The Balaban J connectivity index is 1.91. The average Bonchev–Trinajstić information content (AvgIpc) is 3.05. The third-order valence-corrected chi connectivity index (χ3v) is 3.72. The molecule has 3 nitrogen and oxygen atoms in total. The zero-order chi connectivity index (χ0) is 14.7. The quantitative estimate of drug-likeness (QED) is 0.738. The summed E-state index contributed by atoms with van der Waals surface area (Å²) in [5.41, 5.74) is 3.98. The van der Waals surface area contributed by atoms with E-state index in [1.807, 2.05) is 42.6 Å². The van der Waals surface area contributed by atoms with Crippen LogP contribution in [0.1, 0.15) is 17.0 Å². The van der Waals surface area contributed by atoms with Gasteiger partial charge in [-0.2, -0.15) is 5.10 Å². The lowest BCUT2D eigenvalue weighted by molar-refractivity contribution is -0.108. The van der Waals surface area contributed by atoms with Gasteiger partial charge in [-0.3, -0.25) is 5.10 Å². The number of rotatable bonds is 4. The van der Waals surface area contributed by atoms with Crippen LogP contribution in [-0.2, 0) is 4.79 Å². The monoisotopic (exact) mass is 296 g/mol. The molecule has 0 aliphatic carbocycles. The molecule has 1 heterocycles. The van der Waals surface area contributed by atoms with Crippen molar-refractivity contribution >= 4 is 17.9 Å². The van der Waals surface area contributed by atoms with Crippen molar-refractivity contribution in [1.29, 1.82) is 0 Å². The Morgan fingerprint density at radius 1 is 0.952 bits per heavy atom. The van der Waals surface area contributed by atoms with Crippen LogP contribution >= 0.6 is 11.6 Å². The van der Waals surface area contributed by atoms with E-state index in [4.69, 9.17) is 11.6 Å². The van der Waals surface area contributed by atoms with E-state index in [-0.39, 0.29) is 5.92 Å². The SMILES string of the molecule is O=CC(c1ccc(Cl)cc1)c1ccc(-c2cn[nH]c2)cc1. The molecule has 0 fully saturated rings. The van der Waals surface area contributed by atoms with E-state index in [2.05, 4.69) is 10.2 Å². The molecule has 0 saturated heterocycles. The standard InChI is InChI=1S/C17H13ClN2O/c18-16-7-5-14(6-8-16)17(11-21)13-3-1-12(2-4-13)15-9-19-20-10-15/h1-11,17H,(H,19,20). The van der Waals surface area contributed by atoms with Gasteiger partial charge in [0.15, 0.2) is 0 Å². The van der Waals surface area contributed by atoms with E-state index < -0.39 is 0 Å². The predicted molar refractivity (Wildman–Crippen MR) is 83.4 cm³/mol. The van der Waals surface area contributed by atoms with Gasteiger partial charge in [-0.05, 0) is 28.8 Å². The number of aromatic amines is 1. The van der Waals surface area contributed by atoms with Gasteiger partial charge < -0.3 is 4.79 Å². The fourth-order valence-electron chi connectivity index (χ4n) is 2.31. The van der Waals surface area contributed by atoms with Gasteiger partial charge in [-0.1, -0.05) is 48.0 Å². The van der Waals surface area contributed by atoms with Gasteiger partial charge in [-0.15, -0.1) is 0 Å². The van der Waals surface area contributed by atoms with Crippen LogP contribution in [0.2, 0.25) is 5.02 Å². The first-order valence-corrected chi connectivity index (χ1v) is 6.95. The summed E-state index contributed by atoms with van der Waals surface area (Å²) in [5, 5.41) is 7.39. The van der Waals surface area contributed by atoms with E-state index >= 15 is 0 Å². The molecule has 0 spiro atoms. The fourth-order valence-corrected chi connectivity index (χ4v) is 2.44. The molecule has 0 aliphatic heterocycles. The van der Waals surface area contributed by atoms with E-state index in [1.54, 1.807) is 18.3 Å². The van der Waals surface area contributed by atoms with Crippen molar-refractivity contribution in [2.24, 2.45) is 0 Å². The number of aromatic nitrogens is 2. The lowest BCUT2D eigenvalue weighted by atomic mass is 9.91. The molecular weight excluding hydrogens is 284 g/mol. The third kappa shape index (κ3) is 2.88. The minimum absolute atomic E-state index is 0.277. The van der Waals surface area contributed by atoms with Gasteiger partial charge in [-0.25, -0.2) is 0 Å². The van der Waals surface area contributed by atoms with Crippen LogP contribution in [-0.4, -0.2) is 16.5 Å². The summed E-state index contributed by atoms with van der Waals surface area (Å²) < 4.78 is 0. The summed E-state index contributed by atoms with van der Waals surface area (Å²) in [7, 11) is 0. The van der Waals surface area contributed by atoms with Crippen LogP contribution in [0.25, 0.3) is 11.1 Å². The van der Waals surface area contributed by atoms with Crippen LogP contribution in [0, 0.1) is 0 Å². The van der Waals surface area contributed by atoms with Crippen LogP contribution in [0.3, 0.4) is 0 Å². The highest BCUT2D eigenvalue weighted by atomic mass is 35.5. The number of aldehydes is 1. The summed E-state index contributed by atoms with van der Waals surface area (Å²) in [6, 6.07) is 15.3. The van der Waals surface area contributed by atoms with Crippen molar-refractivity contribution in [3.63, 3.8) is 0 Å². The fraction of sp³-hybridized carbons (Fsp3) is 0.0588. The van der Waals surface area contributed by atoms with Crippen LogP contribution < -0.4 is 0 Å². The first-order chi connectivity index (χ1) is 10.3. The lowest BCUT2D eigenvalue weighted by Crippen LogP contribution is -2.02. The molecule has 1 aromatic heterocycles. The number of H-pyrrole nitrogens is 1. The number of carbonyl (C=O) groups is 1. The maximum absolute atomic E-state index is 11.5. The van der Waals surface area contributed by atoms with E-state index in [0.29, 0.717) is 5.02 Å². The molecular formula is C17H13ClN2O. The molecule has 1 atom stereocenters. The summed E-state index contributed by atoms with van der Waals surface area (Å²) in [4.78, 5) is 11.5. The maximum Gasteiger partial charge on any atom is 0.131 e. The molecule has 0 saturated carbocycles. The van der Waals surface area contributed by atoms with Crippen molar-refractivity contribution in [2.75, 3.05) is 0 Å². The van der Waals surface area contributed by atoms with Crippen molar-refractivity contribution in [3.8, 4) is 11.1 Å². The Morgan fingerprint density at radius 2 is 1.57 bits per heavy atom. The second-order valence-electron chi connectivity index (χ2n) is 4.77. The molecule has 0 amide bonds. The van der Waals surface area contributed by atoms with Gasteiger partial charge in [0.2, 0.25) is 0 Å². The van der Waals surface area contributed by atoms with Crippen LogP contribution in [0.4, 0.5) is 0 Å². The van der Waals surface area contributed by atoms with Gasteiger partial charge in [0.25, 0.3) is 0 Å². The minimum atomic E-state index is -0.277. The molecule has 3 rings (SSSR count). The lowest BCUT2D eigenvalue weighted by Gasteiger charge is -2.12. The number of halogens is 1. The number of nitrogens with one attached hydrogen (secondary N) is 1. The first-order valence-electron chi connectivity index (χ1n) is 6.58. The molecule has 0 aliphatic rings. The maximum atomic E-state index is 11.5. The largest absolute Gasteiger partial charge is 0.302 e. The summed E-state index contributed by atoms with van der Waals surface area (Å²) in [6.07, 6.45) is 4.56. The van der Waals surface area contributed by atoms with E-state index in [0.717, 1.165) is 28.5 Å². The van der Waals surface area contributed by atoms with Crippen LogP contribution in [0.5, 0.6) is 0 Å². The highest BCUT2D eigenvalue weighted by molar-refractivity contribution is 6.30. The van der Waals surface area contributed by atoms with Crippen molar-refractivity contribution in [3.05, 3.63) is 77.1 Å². The molecule has 21 heavy (non-hydrogen) atoms. The number of hydrogen-bond donors (Lipinski definition) is 1. The Hall–Kier alpha value is -2.39. The van der Waals surface area contributed by atoms with E-state index in [9.17, 15) is 4.79 Å². The number of carbonyl (C=O) groups excluding carboxylic acids is 1. The van der Waals surface area contributed by atoms with Crippen LogP contribution in [0.15, 0.2) is 60.9 Å². The summed E-state index contributed by atoms with van der Waals surface area (Å²) in [5.74, 6) is -0.277. The van der Waals surface area contributed by atoms with Gasteiger partial charge in [0.05, 0.1) is 12.1 Å². The number of nitrogens with zero attached hydrogens (tertiary/aromatic N) is 1. The smallest absolute Gasteiger partial charge is 0.131 e. The summed E-state index contributed by atoms with van der Waals surface area (Å²) in [6.45, 7) is 0. The zero-order valence-corrected chi connectivity index (χ0v) is 11.9. The second-order valence-corrected chi connectivity index (χ2v) is 5.21. The van der Waals surface area contributed by atoms with Crippen molar-refractivity contribution in [1.82, 2.24) is 10.2 Å². The Morgan fingerprint density at radius 3 is 2.10 bits per heavy atom. The normalized spacial score (nSPS) is 12.0. The molecule has 0 bridgehead atoms. The summed E-state index contributed by atoms with van der Waals surface area (Å²) >= 11 is 5.89. The zero-order valence-electron chi connectivity index (χ0n) is 11.2. The predicted octanol–water partition coefficient (Wildman–Crippen LogP) is 4.06. The van der Waals surface area contributed by atoms with Crippen molar-refractivity contribution < 1.29 is 4.79 Å². The third-order valence-electron chi connectivity index (χ3n) is 3.47. The average molecular weight is 297 g/mol. The second kappa shape index (κ2) is 5.94. The van der Waals surface area contributed by atoms with E-state index in [1.165, 1.54) is 0 Å². The Bertz CT molecular complexity index is 718. The molecule has 4 heteroatoms. The van der Waals surface area contributed by atoms with Crippen molar-refractivity contribution in [2.45, 2.75) is 5.92 Å². The minimum Gasteiger partial charge on any atom is -0.302 e. The number of benzene rings is 2. The molecule has 2 aromatic carbocycles. The van der Waals surface area contributed by atoms with Gasteiger partial charge in [0.1, 0.15) is 6.29 Å². The topological polar surface area (TPSA) is 45.8 Å². The Labute approximate surface area is 127 Å². The molecule has 104 valence electrons. The highest BCUT2D eigenvalue weighted by Gasteiger charge is 2.13. The first kappa shape index (κ1) is 13.6. The molecule has 0 radical (unpaired) electrons. The molecule has 1 unspecified atom stereocenters. The molecule has 1 N–H and O–H groups in total. The Kier molecular flexibility index (Phi) is 3.84. The molecule has 3 aromatic rings. The van der Waals surface area contributed by atoms with Gasteiger partial charge >= 0.3 is 0 Å². The highest BCUT2D eigenvalue weighted by Crippen LogP contribution is 2.26. The van der Waals surface area contributed by atoms with Gasteiger partial charge in [0, 0.05) is 16.8 Å².